The molecular formula is H4CuN2O2. The van der Waals surface area contributed by atoms with E-state index in [1.54, 1.807) is 0 Å². The second-order valence-corrected chi connectivity index (χ2v) is 0.0745. The summed E-state index contributed by atoms with van der Waals surface area (Å²) in [6, 6.07) is 0. The van der Waals surface area contributed by atoms with Crippen molar-refractivity contribution in [3.63, 3.8) is 0 Å². The van der Waals surface area contributed by atoms with Crippen LogP contribution in [0.5, 0.6) is 0 Å². The first kappa shape index (κ1) is 20.8. The molecule has 4 nitrogen and oxygen atoms in total. The predicted molar refractivity (Wildman–Crippen MR) is 15.1 cm³/mol. The standard InChI is InChI=1S/Cu.HNO2.H3N/c;2-1-3;/h;(H,2,3);1H3. The van der Waals surface area contributed by atoms with Crippen LogP contribution in [0.2, 0.25) is 0 Å². The van der Waals surface area contributed by atoms with E-state index in [4.69, 9.17) is 10.1 Å². The molecule has 0 rings (SSSR count). The summed E-state index contributed by atoms with van der Waals surface area (Å²) < 4.78 is 0. The molecule has 0 saturated heterocycles. The van der Waals surface area contributed by atoms with E-state index in [0.29, 0.717) is 0 Å². The molecule has 0 aliphatic heterocycles. The van der Waals surface area contributed by atoms with Gasteiger partial charge in [0.2, 0.25) is 0 Å². The topological polar surface area (TPSA) is 89.0 Å². The quantitative estimate of drug-likeness (QED) is 0.294. The van der Waals surface area contributed by atoms with Crippen LogP contribution in [0.3, 0.4) is 0 Å². The van der Waals surface area contributed by atoms with E-state index < -0.39 is 0 Å². The van der Waals surface area contributed by atoms with Crippen molar-refractivity contribution in [3.05, 3.63) is 10.1 Å². The van der Waals surface area contributed by atoms with Crippen LogP contribution in [0.25, 0.3) is 0 Å². The van der Waals surface area contributed by atoms with Crippen molar-refractivity contribution in [2.24, 2.45) is 5.34 Å². The van der Waals surface area contributed by atoms with Crippen LogP contribution in [0.15, 0.2) is 5.34 Å². The van der Waals surface area contributed by atoms with Gasteiger partial charge in [-0.05, 0) is 0 Å². The molecular weight excluding hydrogens is 124 g/mol. The molecule has 0 fully saturated rings. The average molecular weight is 128 g/mol. The third-order valence-electron chi connectivity index (χ3n) is 0. The minimum atomic E-state index is 0. The molecule has 0 saturated carbocycles. The van der Waals surface area contributed by atoms with Gasteiger partial charge in [-0.25, -0.2) is 0 Å². The van der Waals surface area contributed by atoms with Crippen LogP contribution in [0.4, 0.5) is 0 Å². The fourth-order valence-electron chi connectivity index (χ4n) is 0. The summed E-state index contributed by atoms with van der Waals surface area (Å²) in [4.78, 5) is 8.00. The fraction of sp³-hybridized carbons (Fsp3) is 0. The van der Waals surface area contributed by atoms with Crippen LogP contribution in [0.1, 0.15) is 0 Å². The zero-order valence-electron chi connectivity index (χ0n) is 2.57. The van der Waals surface area contributed by atoms with Gasteiger partial charge in [0.25, 0.3) is 0 Å². The maximum absolute atomic E-state index is 8.00. The Hall–Kier alpha value is -0.121. The zero-order chi connectivity index (χ0) is 2.71. The van der Waals surface area contributed by atoms with E-state index >= 15 is 0 Å². The number of hydrogen-bond acceptors (Lipinski definition) is 3. The molecule has 5 heteroatoms. The van der Waals surface area contributed by atoms with Gasteiger partial charge < -0.3 is 16.3 Å². The normalized spacial score (nSPS) is 2.40. The molecule has 0 spiro atoms. The van der Waals surface area contributed by atoms with Crippen molar-refractivity contribution in [2.45, 2.75) is 0 Å². The Morgan fingerprint density at radius 2 is 1.60 bits per heavy atom. The van der Waals surface area contributed by atoms with E-state index in [1.165, 1.54) is 0 Å². The van der Waals surface area contributed by atoms with Gasteiger partial charge in [-0.1, -0.05) is 0 Å². The van der Waals surface area contributed by atoms with Gasteiger partial charge in [0.1, 0.15) is 0 Å². The van der Waals surface area contributed by atoms with E-state index in [2.05, 4.69) is 0 Å². The first-order valence-electron chi connectivity index (χ1n) is 0.365. The van der Waals surface area contributed by atoms with Crippen LogP contribution >= 0.6 is 0 Å². The average Bonchev–Trinajstić information content (AvgIpc) is 0.918. The Balaban J connectivity index is -0.0000000200. The third kappa shape index (κ3) is 943. The van der Waals surface area contributed by atoms with E-state index in [-0.39, 0.29) is 23.2 Å². The van der Waals surface area contributed by atoms with Crippen molar-refractivity contribution in [1.29, 1.82) is 0 Å². The summed E-state index contributed by atoms with van der Waals surface area (Å²) >= 11 is 0. The summed E-state index contributed by atoms with van der Waals surface area (Å²) in [5, 5.41) is 9.00. The first-order valence-corrected chi connectivity index (χ1v) is 0.365. The van der Waals surface area contributed by atoms with Crippen LogP contribution in [0, 0.1) is 10.1 Å². The van der Waals surface area contributed by atoms with Gasteiger partial charge in [0.15, 0.2) is 0 Å². The summed E-state index contributed by atoms with van der Waals surface area (Å²) in [5.74, 6) is 0. The van der Waals surface area contributed by atoms with Crippen molar-refractivity contribution in [3.8, 4) is 0 Å². The first-order chi connectivity index (χ1) is 1.41. The minimum Gasteiger partial charge on any atom is -0.444 e. The SMILES string of the molecule is O=N[O-].[Cu].[NH4+]. The van der Waals surface area contributed by atoms with Crippen molar-refractivity contribution in [2.75, 3.05) is 0 Å². The molecule has 0 atom stereocenters. The molecule has 4 N–H and O–H groups in total. The van der Waals surface area contributed by atoms with Gasteiger partial charge in [-0.3, -0.25) is 0 Å². The molecule has 0 aromatic carbocycles. The number of nitrogens with zero attached hydrogens (tertiary/aromatic N) is 1. The van der Waals surface area contributed by atoms with E-state index in [1.807, 2.05) is 0 Å². The van der Waals surface area contributed by atoms with Crippen LogP contribution in [-0.4, -0.2) is 0 Å². The van der Waals surface area contributed by atoms with E-state index in [9.17, 15) is 0 Å². The maximum Gasteiger partial charge on any atom is 0 e. The second kappa shape index (κ2) is 41.6. The van der Waals surface area contributed by atoms with E-state index in [0.717, 1.165) is 5.34 Å². The molecule has 0 aromatic rings. The molecule has 5 heavy (non-hydrogen) atoms. The molecule has 0 bridgehead atoms. The summed E-state index contributed by atoms with van der Waals surface area (Å²) in [7, 11) is 0. The molecule has 0 amide bonds. The molecule has 0 heterocycles. The summed E-state index contributed by atoms with van der Waals surface area (Å²) in [5.41, 5.74) is 0. The van der Waals surface area contributed by atoms with Crippen molar-refractivity contribution >= 4 is 0 Å². The smallest absolute Gasteiger partial charge is 0 e. The predicted octanol–water partition coefficient (Wildman–Crippen LogP) is 0.624. The van der Waals surface area contributed by atoms with Gasteiger partial charge >= 0.3 is 0 Å². The molecule has 0 unspecified atom stereocenters. The summed E-state index contributed by atoms with van der Waals surface area (Å²) in [6.07, 6.45) is 0. The number of hydrogen-bond donors (Lipinski definition) is 1. The minimum absolute atomic E-state index is 0. The zero-order valence-corrected chi connectivity index (χ0v) is 3.51. The Bertz CT molecular complexity index is 15.1. The molecule has 37 valence electrons. The monoisotopic (exact) mass is 127 g/mol. The van der Waals surface area contributed by atoms with Crippen molar-refractivity contribution < 1.29 is 17.1 Å². The number of quaternary nitrogens is 1. The second-order valence-electron chi connectivity index (χ2n) is 0.0745. The Morgan fingerprint density at radius 3 is 1.60 bits per heavy atom. The number of rotatable bonds is 0. The van der Waals surface area contributed by atoms with Gasteiger partial charge in [-0.2, -0.15) is 0 Å². The Kier molecular flexibility index (Phi) is 173. The van der Waals surface area contributed by atoms with Crippen LogP contribution < -0.4 is 6.15 Å². The van der Waals surface area contributed by atoms with Gasteiger partial charge in [-0.15, -0.1) is 5.34 Å². The molecule has 1 radical (unpaired) electrons. The Labute approximate surface area is 39.5 Å². The largest absolute Gasteiger partial charge is 0.444 e. The molecule has 0 aliphatic rings. The third-order valence-corrected chi connectivity index (χ3v) is 0. The summed E-state index contributed by atoms with van der Waals surface area (Å²) in [6.45, 7) is 0. The van der Waals surface area contributed by atoms with Gasteiger partial charge in [0.05, 0.1) is 0 Å². The maximum atomic E-state index is 8.00. The molecule has 0 aliphatic carbocycles. The van der Waals surface area contributed by atoms with Crippen molar-refractivity contribution in [1.82, 2.24) is 6.15 Å². The Morgan fingerprint density at radius 1 is 1.60 bits per heavy atom. The van der Waals surface area contributed by atoms with Gasteiger partial charge in [0, 0.05) is 17.1 Å². The van der Waals surface area contributed by atoms with Crippen LogP contribution in [-0.2, 0) is 17.1 Å². The molecule has 0 aromatic heterocycles. The fourth-order valence-corrected chi connectivity index (χ4v) is 0.